The number of carbonyl (C=O) groups excluding carboxylic acids is 1. The highest BCUT2D eigenvalue weighted by Gasteiger charge is 2.12. The van der Waals surface area contributed by atoms with Gasteiger partial charge in [-0.2, -0.15) is 0 Å². The van der Waals surface area contributed by atoms with Crippen LogP contribution in [0, 0.1) is 6.92 Å². The second kappa shape index (κ2) is 5.23. The summed E-state index contributed by atoms with van der Waals surface area (Å²) in [5, 5.41) is 0.874. The van der Waals surface area contributed by atoms with Gasteiger partial charge in [0.05, 0.1) is 6.61 Å². The van der Waals surface area contributed by atoms with Gasteiger partial charge in [0.15, 0.2) is 11.0 Å². The number of hydrogen-bond acceptors (Lipinski definition) is 3. The third-order valence-electron chi connectivity index (χ3n) is 2.31. The number of benzene rings is 1. The van der Waals surface area contributed by atoms with Crippen molar-refractivity contribution in [2.45, 2.75) is 19.0 Å². The average molecular weight is 251 g/mol. The van der Waals surface area contributed by atoms with E-state index in [9.17, 15) is 4.79 Å². The summed E-state index contributed by atoms with van der Waals surface area (Å²) in [6, 6.07) is 6.14. The predicted octanol–water partition coefficient (Wildman–Crippen LogP) is 1.95. The van der Waals surface area contributed by atoms with Gasteiger partial charge in [0.25, 0.3) is 0 Å². The first-order chi connectivity index (χ1) is 8.19. The van der Waals surface area contributed by atoms with E-state index in [0.717, 1.165) is 16.2 Å². The van der Waals surface area contributed by atoms with E-state index < -0.39 is 0 Å². The van der Waals surface area contributed by atoms with Gasteiger partial charge in [0.1, 0.15) is 5.75 Å². The summed E-state index contributed by atoms with van der Waals surface area (Å²) in [4.78, 5) is 17.7. The maximum Gasteiger partial charge on any atom is 0.316 e. The number of rotatable bonds is 4. The number of hydrogen-bond donors (Lipinski definition) is 1. The number of carbonyl (C=O) groups is 1. The molecule has 2 aromatic rings. The van der Waals surface area contributed by atoms with Crippen molar-refractivity contribution in [3.05, 3.63) is 23.8 Å². The molecule has 0 unspecified atom stereocenters. The van der Waals surface area contributed by atoms with Crippen LogP contribution in [0.3, 0.4) is 0 Å². The Balaban J connectivity index is 2.07. The van der Waals surface area contributed by atoms with Crippen LogP contribution in [-0.4, -0.2) is 23.3 Å². The number of aromatic amines is 2. The minimum absolute atomic E-state index is 0.194. The maximum atomic E-state index is 11.2. The molecule has 0 saturated heterocycles. The molecule has 4 nitrogen and oxygen atoms in total. The first-order valence-corrected chi connectivity index (χ1v) is 6.47. The van der Waals surface area contributed by atoms with E-state index in [1.165, 1.54) is 17.3 Å². The standard InChI is InChI=1S/C12H14N2O2S/c1-3-16-11(15)7-17-12-13-9-5-4-8(2)6-10(9)14-12/h4-6H,3,7H2,1-2H3,(H,13,14)/p+1. The Morgan fingerprint density at radius 2 is 2.35 bits per heavy atom. The molecule has 1 aromatic heterocycles. The van der Waals surface area contributed by atoms with Crippen LogP contribution in [0.15, 0.2) is 23.4 Å². The van der Waals surface area contributed by atoms with Gasteiger partial charge in [-0.05, 0) is 43.3 Å². The molecule has 0 radical (unpaired) electrons. The minimum Gasteiger partial charge on any atom is -0.465 e. The molecule has 0 amide bonds. The van der Waals surface area contributed by atoms with Crippen LogP contribution in [0.5, 0.6) is 0 Å². The van der Waals surface area contributed by atoms with Crippen LogP contribution in [0.4, 0.5) is 0 Å². The molecular weight excluding hydrogens is 236 g/mol. The van der Waals surface area contributed by atoms with Crippen molar-refractivity contribution < 1.29 is 14.5 Å². The largest absolute Gasteiger partial charge is 0.465 e. The maximum absolute atomic E-state index is 11.2. The number of thioether (sulfide) groups is 1. The number of aryl methyl sites for hydroxylation is 1. The lowest BCUT2D eigenvalue weighted by molar-refractivity contribution is -0.396. The van der Waals surface area contributed by atoms with Crippen molar-refractivity contribution in [1.29, 1.82) is 0 Å². The Hall–Kier alpha value is -1.49. The SMILES string of the molecule is CCOC(=O)CSc1[nH]c2cc(C)ccc2[nH+]1. The first kappa shape index (κ1) is 12.0. The Morgan fingerprint density at radius 1 is 1.53 bits per heavy atom. The zero-order valence-electron chi connectivity index (χ0n) is 9.87. The van der Waals surface area contributed by atoms with Crippen molar-refractivity contribution in [3.63, 3.8) is 0 Å². The topological polar surface area (TPSA) is 56.2 Å². The van der Waals surface area contributed by atoms with Gasteiger partial charge in [-0.15, -0.1) is 0 Å². The number of H-pyrrole nitrogens is 2. The van der Waals surface area contributed by atoms with E-state index >= 15 is 0 Å². The predicted molar refractivity (Wildman–Crippen MR) is 66.9 cm³/mol. The number of aromatic nitrogens is 2. The molecule has 2 N–H and O–H groups in total. The number of esters is 1. The fourth-order valence-corrected chi connectivity index (χ4v) is 2.26. The minimum atomic E-state index is -0.194. The summed E-state index contributed by atoms with van der Waals surface area (Å²) >= 11 is 1.41. The van der Waals surface area contributed by atoms with Crippen LogP contribution in [0.2, 0.25) is 0 Å². The lowest BCUT2D eigenvalue weighted by Crippen LogP contribution is -2.09. The monoisotopic (exact) mass is 251 g/mol. The van der Waals surface area contributed by atoms with Crippen LogP contribution >= 0.6 is 11.8 Å². The second-order valence-corrected chi connectivity index (χ2v) is 4.71. The normalized spacial score (nSPS) is 10.7. The molecule has 0 bridgehead atoms. The van der Waals surface area contributed by atoms with Crippen molar-refractivity contribution in [2.24, 2.45) is 0 Å². The van der Waals surface area contributed by atoms with Gasteiger partial charge < -0.3 is 4.74 Å². The first-order valence-electron chi connectivity index (χ1n) is 5.49. The van der Waals surface area contributed by atoms with Gasteiger partial charge in [-0.3, -0.25) is 4.79 Å². The number of ether oxygens (including phenoxy) is 1. The van der Waals surface area contributed by atoms with E-state index in [1.807, 2.05) is 19.1 Å². The lowest BCUT2D eigenvalue weighted by atomic mass is 10.2. The van der Waals surface area contributed by atoms with Gasteiger partial charge in [-0.25, -0.2) is 9.97 Å². The number of fused-ring (bicyclic) bond motifs is 1. The molecule has 0 fully saturated rings. The Morgan fingerprint density at radius 3 is 3.12 bits per heavy atom. The molecule has 2 rings (SSSR count). The third-order valence-corrected chi connectivity index (χ3v) is 3.18. The van der Waals surface area contributed by atoms with E-state index in [1.54, 1.807) is 6.92 Å². The van der Waals surface area contributed by atoms with Crippen molar-refractivity contribution in [3.8, 4) is 0 Å². The van der Waals surface area contributed by atoms with Gasteiger partial charge in [0.2, 0.25) is 0 Å². The van der Waals surface area contributed by atoms with Crippen molar-refractivity contribution >= 4 is 28.8 Å². The highest BCUT2D eigenvalue weighted by Crippen LogP contribution is 2.16. The third kappa shape index (κ3) is 3.00. The fourth-order valence-electron chi connectivity index (χ4n) is 1.55. The molecule has 0 spiro atoms. The number of imidazole rings is 1. The van der Waals surface area contributed by atoms with Gasteiger partial charge in [-0.1, -0.05) is 6.07 Å². The molecule has 90 valence electrons. The Bertz CT molecular complexity index is 536. The molecule has 0 atom stereocenters. The van der Waals surface area contributed by atoms with Gasteiger partial charge >= 0.3 is 11.1 Å². The highest BCUT2D eigenvalue weighted by atomic mass is 32.2. The summed E-state index contributed by atoms with van der Waals surface area (Å²) in [6.45, 7) is 4.28. The molecule has 0 aliphatic carbocycles. The van der Waals surface area contributed by atoms with Gasteiger partial charge in [0, 0.05) is 0 Å². The molecule has 1 heterocycles. The van der Waals surface area contributed by atoms with E-state index in [4.69, 9.17) is 4.74 Å². The quantitative estimate of drug-likeness (QED) is 0.667. The number of nitrogens with one attached hydrogen (secondary N) is 2. The van der Waals surface area contributed by atoms with Crippen LogP contribution < -0.4 is 4.98 Å². The lowest BCUT2D eigenvalue weighted by Gasteiger charge is -1.96. The molecular formula is C12H15N2O2S+. The highest BCUT2D eigenvalue weighted by molar-refractivity contribution is 7.99. The molecule has 0 aliphatic heterocycles. The van der Waals surface area contributed by atoms with E-state index in [-0.39, 0.29) is 5.97 Å². The molecule has 0 aliphatic rings. The van der Waals surface area contributed by atoms with E-state index in [0.29, 0.717) is 12.4 Å². The summed E-state index contributed by atoms with van der Waals surface area (Å²) < 4.78 is 4.87. The molecule has 17 heavy (non-hydrogen) atoms. The second-order valence-electron chi connectivity index (χ2n) is 3.72. The zero-order chi connectivity index (χ0) is 12.3. The Labute approximate surface area is 104 Å². The van der Waals surface area contributed by atoms with Crippen LogP contribution in [0.25, 0.3) is 11.0 Å². The Kier molecular flexibility index (Phi) is 3.68. The van der Waals surface area contributed by atoms with Crippen LogP contribution in [0.1, 0.15) is 12.5 Å². The van der Waals surface area contributed by atoms with E-state index in [2.05, 4.69) is 16.0 Å². The van der Waals surface area contributed by atoms with Crippen molar-refractivity contribution in [2.75, 3.05) is 12.4 Å². The summed E-state index contributed by atoms with van der Waals surface area (Å²) in [7, 11) is 0. The molecule has 5 heteroatoms. The summed E-state index contributed by atoms with van der Waals surface area (Å²) in [5.41, 5.74) is 3.30. The fraction of sp³-hybridized carbons (Fsp3) is 0.333. The smallest absolute Gasteiger partial charge is 0.316 e. The molecule has 0 saturated carbocycles. The summed E-state index contributed by atoms with van der Waals surface area (Å²) in [5.74, 6) is 0.122. The zero-order valence-corrected chi connectivity index (χ0v) is 10.7. The summed E-state index contributed by atoms with van der Waals surface area (Å²) in [6.07, 6.45) is 0. The van der Waals surface area contributed by atoms with Crippen molar-refractivity contribution in [1.82, 2.24) is 4.98 Å². The van der Waals surface area contributed by atoms with Crippen LogP contribution in [-0.2, 0) is 9.53 Å². The average Bonchev–Trinajstić information content (AvgIpc) is 2.68. The molecule has 1 aromatic carbocycles.